The Hall–Kier alpha value is -0.995. The Balaban J connectivity index is 3.21. The van der Waals surface area contributed by atoms with Gasteiger partial charge in [-0.2, -0.15) is 0 Å². The van der Waals surface area contributed by atoms with E-state index in [1.807, 2.05) is 6.92 Å². The minimum absolute atomic E-state index is 0.0879. The van der Waals surface area contributed by atoms with Gasteiger partial charge in [0, 0.05) is 0 Å². The van der Waals surface area contributed by atoms with Crippen molar-refractivity contribution in [2.45, 2.75) is 33.1 Å². The zero-order valence-corrected chi connectivity index (χ0v) is 10.3. The molecule has 0 aliphatic carbocycles. The first-order valence-corrected chi connectivity index (χ1v) is 5.49. The van der Waals surface area contributed by atoms with Gasteiger partial charge in [-0.15, -0.1) is 0 Å². The van der Waals surface area contributed by atoms with Gasteiger partial charge in [-0.05, 0) is 29.4 Å². The molecule has 0 unspecified atom stereocenters. The van der Waals surface area contributed by atoms with E-state index in [0.29, 0.717) is 12.1 Å². The van der Waals surface area contributed by atoms with Gasteiger partial charge in [0.1, 0.15) is 5.75 Å². The maximum Gasteiger partial charge on any atom is 0.488 e. The van der Waals surface area contributed by atoms with Crippen molar-refractivity contribution in [3.63, 3.8) is 0 Å². The molecule has 0 spiro atoms. The Kier molecular flexibility index (Phi) is 4.00. The monoisotopic (exact) mass is 222 g/mol. The fourth-order valence-corrected chi connectivity index (χ4v) is 1.58. The SMILES string of the molecule is CCOc1ccc(B(O)O)cc1C(C)(C)C. The Labute approximate surface area is 97.2 Å². The fourth-order valence-electron chi connectivity index (χ4n) is 1.58. The van der Waals surface area contributed by atoms with Gasteiger partial charge in [0.05, 0.1) is 6.61 Å². The summed E-state index contributed by atoms with van der Waals surface area (Å²) in [7, 11) is -1.43. The van der Waals surface area contributed by atoms with Crippen molar-refractivity contribution in [3.05, 3.63) is 23.8 Å². The molecule has 0 radical (unpaired) electrons. The average molecular weight is 222 g/mol. The largest absolute Gasteiger partial charge is 0.494 e. The molecule has 0 bridgehead atoms. The summed E-state index contributed by atoms with van der Waals surface area (Å²) in [5, 5.41) is 18.3. The number of hydrogen-bond acceptors (Lipinski definition) is 3. The van der Waals surface area contributed by atoms with Gasteiger partial charge in [0.15, 0.2) is 0 Å². The predicted molar refractivity (Wildman–Crippen MR) is 66.1 cm³/mol. The molecule has 0 saturated heterocycles. The maximum atomic E-state index is 9.15. The van der Waals surface area contributed by atoms with E-state index in [4.69, 9.17) is 14.8 Å². The van der Waals surface area contributed by atoms with Crippen LogP contribution in [0.5, 0.6) is 5.75 Å². The molecule has 3 nitrogen and oxygen atoms in total. The third kappa shape index (κ3) is 3.00. The van der Waals surface area contributed by atoms with Crippen LogP contribution in [0.3, 0.4) is 0 Å². The summed E-state index contributed by atoms with van der Waals surface area (Å²) in [6.07, 6.45) is 0. The summed E-state index contributed by atoms with van der Waals surface area (Å²) in [6, 6.07) is 5.25. The van der Waals surface area contributed by atoms with E-state index in [-0.39, 0.29) is 5.41 Å². The Bertz CT molecular complexity index is 356. The first kappa shape index (κ1) is 13.1. The molecule has 4 heteroatoms. The fraction of sp³-hybridized carbons (Fsp3) is 0.500. The van der Waals surface area contributed by atoms with E-state index in [2.05, 4.69) is 20.8 Å². The summed E-state index contributed by atoms with van der Waals surface area (Å²) in [5.74, 6) is 0.805. The van der Waals surface area contributed by atoms with E-state index < -0.39 is 7.12 Å². The normalized spacial score (nSPS) is 11.4. The van der Waals surface area contributed by atoms with Gasteiger partial charge in [-0.25, -0.2) is 0 Å². The summed E-state index contributed by atoms with van der Waals surface area (Å²) in [6.45, 7) is 8.74. The molecule has 2 N–H and O–H groups in total. The number of ether oxygens (including phenoxy) is 1. The van der Waals surface area contributed by atoms with Crippen LogP contribution in [0.25, 0.3) is 0 Å². The van der Waals surface area contributed by atoms with Crippen molar-refractivity contribution in [1.82, 2.24) is 0 Å². The van der Waals surface area contributed by atoms with Crippen molar-refractivity contribution in [1.29, 1.82) is 0 Å². The summed E-state index contributed by atoms with van der Waals surface area (Å²) < 4.78 is 5.53. The van der Waals surface area contributed by atoms with Crippen LogP contribution < -0.4 is 10.2 Å². The van der Waals surface area contributed by atoms with Crippen LogP contribution in [0, 0.1) is 0 Å². The van der Waals surface area contributed by atoms with E-state index in [1.165, 1.54) is 0 Å². The van der Waals surface area contributed by atoms with Gasteiger partial charge < -0.3 is 14.8 Å². The Morgan fingerprint density at radius 2 is 1.88 bits per heavy atom. The molecule has 16 heavy (non-hydrogen) atoms. The highest BCUT2D eigenvalue weighted by Crippen LogP contribution is 2.30. The maximum absolute atomic E-state index is 9.15. The molecule has 1 rings (SSSR count). The second-order valence-electron chi connectivity index (χ2n) is 4.81. The van der Waals surface area contributed by atoms with Crippen LogP contribution in [0.15, 0.2) is 18.2 Å². The molecule has 0 aliphatic rings. The zero-order valence-electron chi connectivity index (χ0n) is 10.3. The predicted octanol–water partition coefficient (Wildman–Crippen LogP) is 1.06. The quantitative estimate of drug-likeness (QED) is 0.752. The Morgan fingerprint density at radius 1 is 1.25 bits per heavy atom. The molecule has 0 aromatic heterocycles. The lowest BCUT2D eigenvalue weighted by molar-refractivity contribution is 0.330. The first-order valence-electron chi connectivity index (χ1n) is 5.49. The highest BCUT2D eigenvalue weighted by Gasteiger charge is 2.22. The lowest BCUT2D eigenvalue weighted by Crippen LogP contribution is -2.31. The van der Waals surface area contributed by atoms with Crippen molar-refractivity contribution >= 4 is 12.6 Å². The standard InChI is InChI=1S/C12H19BO3/c1-5-16-11-7-6-9(13(14)15)8-10(11)12(2,3)4/h6-8,14-15H,5H2,1-4H3. The van der Waals surface area contributed by atoms with E-state index in [1.54, 1.807) is 18.2 Å². The van der Waals surface area contributed by atoms with Gasteiger partial charge >= 0.3 is 7.12 Å². The minimum atomic E-state index is -1.43. The topological polar surface area (TPSA) is 49.7 Å². The second-order valence-corrected chi connectivity index (χ2v) is 4.81. The van der Waals surface area contributed by atoms with Gasteiger partial charge in [0.2, 0.25) is 0 Å². The molecule has 1 aromatic carbocycles. The number of benzene rings is 1. The summed E-state index contributed by atoms with van der Waals surface area (Å²) in [5.41, 5.74) is 1.39. The van der Waals surface area contributed by atoms with Crippen LogP contribution >= 0.6 is 0 Å². The van der Waals surface area contributed by atoms with Gasteiger partial charge in [-0.1, -0.05) is 32.9 Å². The molecule has 0 heterocycles. The lowest BCUT2D eigenvalue weighted by Gasteiger charge is -2.23. The van der Waals surface area contributed by atoms with E-state index in [0.717, 1.165) is 11.3 Å². The second kappa shape index (κ2) is 4.89. The third-order valence-electron chi connectivity index (χ3n) is 2.41. The van der Waals surface area contributed by atoms with Crippen molar-refractivity contribution in [3.8, 4) is 5.75 Å². The Morgan fingerprint density at radius 3 is 2.31 bits per heavy atom. The molecule has 0 aliphatic heterocycles. The molecular formula is C12H19BO3. The lowest BCUT2D eigenvalue weighted by atomic mass is 9.76. The summed E-state index contributed by atoms with van der Waals surface area (Å²) in [4.78, 5) is 0. The smallest absolute Gasteiger partial charge is 0.488 e. The molecule has 0 amide bonds. The van der Waals surface area contributed by atoms with E-state index >= 15 is 0 Å². The highest BCUT2D eigenvalue weighted by atomic mass is 16.5. The van der Waals surface area contributed by atoms with Crippen LogP contribution in [0.1, 0.15) is 33.3 Å². The van der Waals surface area contributed by atoms with Gasteiger partial charge in [-0.3, -0.25) is 0 Å². The molecule has 0 fully saturated rings. The van der Waals surface area contributed by atoms with Crippen molar-refractivity contribution in [2.75, 3.05) is 6.61 Å². The van der Waals surface area contributed by atoms with E-state index in [9.17, 15) is 0 Å². The van der Waals surface area contributed by atoms with Crippen LogP contribution in [0.4, 0.5) is 0 Å². The highest BCUT2D eigenvalue weighted by molar-refractivity contribution is 6.58. The number of rotatable bonds is 3. The molecule has 88 valence electrons. The van der Waals surface area contributed by atoms with Crippen LogP contribution in [0.2, 0.25) is 0 Å². The van der Waals surface area contributed by atoms with Crippen molar-refractivity contribution < 1.29 is 14.8 Å². The average Bonchev–Trinajstić information content (AvgIpc) is 2.16. The molecular weight excluding hydrogens is 203 g/mol. The minimum Gasteiger partial charge on any atom is -0.494 e. The first-order chi connectivity index (χ1) is 7.36. The third-order valence-corrected chi connectivity index (χ3v) is 2.41. The van der Waals surface area contributed by atoms with Crippen LogP contribution in [-0.2, 0) is 5.41 Å². The summed E-state index contributed by atoms with van der Waals surface area (Å²) >= 11 is 0. The number of hydrogen-bond donors (Lipinski definition) is 2. The molecule has 1 aromatic rings. The zero-order chi connectivity index (χ0) is 12.3. The van der Waals surface area contributed by atoms with Gasteiger partial charge in [0.25, 0.3) is 0 Å². The van der Waals surface area contributed by atoms with Crippen molar-refractivity contribution in [2.24, 2.45) is 0 Å². The molecule has 0 saturated carbocycles. The molecule has 0 atom stereocenters. The van der Waals surface area contributed by atoms with Crippen LogP contribution in [-0.4, -0.2) is 23.8 Å².